The van der Waals surface area contributed by atoms with Crippen molar-refractivity contribution in [3.63, 3.8) is 0 Å². The van der Waals surface area contributed by atoms with Crippen LogP contribution in [0.15, 0.2) is 103 Å². The first-order chi connectivity index (χ1) is 17.0. The zero-order valence-corrected chi connectivity index (χ0v) is 19.1. The Morgan fingerprint density at radius 2 is 1.54 bits per heavy atom. The van der Waals surface area contributed by atoms with Gasteiger partial charge in [-0.3, -0.25) is 14.9 Å². The highest BCUT2D eigenvalue weighted by Gasteiger charge is 2.14. The van der Waals surface area contributed by atoms with Gasteiger partial charge in [0.1, 0.15) is 0 Å². The van der Waals surface area contributed by atoms with E-state index in [-0.39, 0.29) is 11.6 Å². The number of amides is 1. The van der Waals surface area contributed by atoms with Gasteiger partial charge < -0.3 is 5.32 Å². The minimum atomic E-state index is -0.427. The summed E-state index contributed by atoms with van der Waals surface area (Å²) in [5, 5.41) is 15.3. The van der Waals surface area contributed by atoms with Crippen LogP contribution >= 0.6 is 11.6 Å². The van der Waals surface area contributed by atoms with Crippen molar-refractivity contribution in [3.8, 4) is 22.4 Å². The number of nitro groups is 1. The van der Waals surface area contributed by atoms with E-state index in [1.54, 1.807) is 42.5 Å². The number of hydrogen-bond acceptors (Lipinski definition) is 4. The summed E-state index contributed by atoms with van der Waals surface area (Å²) in [6, 6.07) is 30.4. The number of halogens is 1. The van der Waals surface area contributed by atoms with Crippen LogP contribution in [0.2, 0.25) is 5.02 Å². The molecule has 1 heterocycles. The molecule has 1 N–H and O–H groups in total. The van der Waals surface area contributed by atoms with Crippen LogP contribution in [0, 0.1) is 10.1 Å². The average molecular weight is 480 g/mol. The summed E-state index contributed by atoms with van der Waals surface area (Å²) in [4.78, 5) is 28.3. The Morgan fingerprint density at radius 1 is 0.829 bits per heavy atom. The van der Waals surface area contributed by atoms with Gasteiger partial charge in [-0.1, -0.05) is 41.9 Å². The molecule has 1 aromatic heterocycles. The lowest BCUT2D eigenvalue weighted by Gasteiger charge is -2.12. The summed E-state index contributed by atoms with van der Waals surface area (Å²) < 4.78 is 0. The van der Waals surface area contributed by atoms with E-state index in [1.807, 2.05) is 48.5 Å². The van der Waals surface area contributed by atoms with Crippen LogP contribution in [0.1, 0.15) is 10.4 Å². The second kappa shape index (κ2) is 9.37. The van der Waals surface area contributed by atoms with Crippen molar-refractivity contribution in [2.75, 3.05) is 5.32 Å². The Kier molecular flexibility index (Phi) is 5.95. The highest BCUT2D eigenvalue weighted by Crippen LogP contribution is 2.33. The van der Waals surface area contributed by atoms with Crippen LogP contribution in [0.3, 0.4) is 0 Å². The lowest BCUT2D eigenvalue weighted by molar-refractivity contribution is -0.384. The van der Waals surface area contributed by atoms with Gasteiger partial charge in [-0.05, 0) is 71.8 Å². The zero-order valence-electron chi connectivity index (χ0n) is 18.3. The van der Waals surface area contributed by atoms with Crippen LogP contribution < -0.4 is 5.32 Å². The van der Waals surface area contributed by atoms with Crippen molar-refractivity contribution in [3.05, 3.63) is 124 Å². The van der Waals surface area contributed by atoms with Gasteiger partial charge in [-0.15, -0.1) is 0 Å². The van der Waals surface area contributed by atoms with Crippen LogP contribution in [0.4, 0.5) is 11.4 Å². The molecule has 0 radical (unpaired) electrons. The number of nitrogens with one attached hydrogen (secondary N) is 1. The third-order valence-corrected chi connectivity index (χ3v) is 5.88. The minimum Gasteiger partial charge on any atom is -0.322 e. The summed E-state index contributed by atoms with van der Waals surface area (Å²) >= 11 is 5.94. The first kappa shape index (κ1) is 22.3. The number of nitro benzene ring substituents is 1. The van der Waals surface area contributed by atoms with E-state index in [2.05, 4.69) is 5.32 Å². The Balaban J connectivity index is 1.59. The van der Waals surface area contributed by atoms with E-state index in [0.717, 1.165) is 22.1 Å². The fraction of sp³-hybridized carbons (Fsp3) is 0. The van der Waals surface area contributed by atoms with Gasteiger partial charge in [0, 0.05) is 39.4 Å². The number of aromatic nitrogens is 1. The Hall–Kier alpha value is -4.55. The second-order valence-electron chi connectivity index (χ2n) is 7.92. The maximum atomic E-state index is 12.9. The zero-order chi connectivity index (χ0) is 24.4. The molecule has 0 fully saturated rings. The van der Waals surface area contributed by atoms with Crippen LogP contribution in [-0.4, -0.2) is 15.8 Å². The molecule has 0 bridgehead atoms. The third-order valence-electron chi connectivity index (χ3n) is 5.63. The number of hydrogen-bond donors (Lipinski definition) is 1. The molecule has 0 aliphatic heterocycles. The number of nitrogens with zero attached hydrogens (tertiary/aromatic N) is 2. The molecule has 5 aromatic rings. The fourth-order valence-electron chi connectivity index (χ4n) is 3.86. The van der Waals surface area contributed by atoms with Gasteiger partial charge in [-0.2, -0.15) is 0 Å². The predicted octanol–water partition coefficient (Wildman–Crippen LogP) is 7.38. The largest absolute Gasteiger partial charge is 0.322 e. The highest BCUT2D eigenvalue weighted by atomic mass is 35.5. The quantitative estimate of drug-likeness (QED) is 0.210. The number of pyridine rings is 1. The maximum Gasteiger partial charge on any atom is 0.269 e. The van der Waals surface area contributed by atoms with Crippen molar-refractivity contribution < 1.29 is 9.72 Å². The summed E-state index contributed by atoms with van der Waals surface area (Å²) in [6.45, 7) is 0. The van der Waals surface area contributed by atoms with Crippen molar-refractivity contribution in [2.24, 2.45) is 0 Å². The summed E-state index contributed by atoms with van der Waals surface area (Å²) in [5.74, 6) is -0.243. The molecule has 0 saturated carbocycles. The molecular weight excluding hydrogens is 462 g/mol. The Bertz CT molecular complexity index is 1550. The number of rotatable bonds is 5. The molecule has 0 atom stereocenters. The van der Waals surface area contributed by atoms with E-state index in [9.17, 15) is 14.9 Å². The number of carbonyl (C=O) groups is 1. The molecule has 0 aliphatic rings. The molecule has 0 saturated heterocycles. The molecular formula is C28H18ClN3O3. The second-order valence-corrected chi connectivity index (χ2v) is 8.35. The molecule has 0 spiro atoms. The predicted molar refractivity (Wildman–Crippen MR) is 139 cm³/mol. The molecule has 7 heteroatoms. The van der Waals surface area contributed by atoms with Gasteiger partial charge >= 0.3 is 0 Å². The lowest BCUT2D eigenvalue weighted by atomic mass is 9.97. The highest BCUT2D eigenvalue weighted by molar-refractivity contribution is 6.30. The SMILES string of the molecule is O=C(Nc1ccc(Cl)cc1)c1ccc2nc(-c3ccc([N+](=O)[O-])cc3)cc(-c3ccccc3)c2c1. The molecule has 4 aromatic carbocycles. The van der Waals surface area contributed by atoms with Crippen LogP contribution in [0.25, 0.3) is 33.3 Å². The smallest absolute Gasteiger partial charge is 0.269 e. The van der Waals surface area contributed by atoms with Gasteiger partial charge in [-0.25, -0.2) is 4.98 Å². The normalized spacial score (nSPS) is 10.8. The van der Waals surface area contributed by atoms with Gasteiger partial charge in [0.05, 0.1) is 16.1 Å². The summed E-state index contributed by atoms with van der Waals surface area (Å²) in [7, 11) is 0. The van der Waals surface area contributed by atoms with Crippen LogP contribution in [-0.2, 0) is 0 Å². The van der Waals surface area contributed by atoms with Gasteiger partial charge in [0.15, 0.2) is 0 Å². The number of non-ortho nitro benzene ring substituents is 1. The number of carbonyl (C=O) groups excluding carboxylic acids is 1. The summed E-state index contributed by atoms with van der Waals surface area (Å²) in [6.07, 6.45) is 0. The first-order valence-electron chi connectivity index (χ1n) is 10.8. The van der Waals surface area contributed by atoms with E-state index in [1.165, 1.54) is 12.1 Å². The first-order valence-corrected chi connectivity index (χ1v) is 11.2. The van der Waals surface area contributed by atoms with Crippen molar-refractivity contribution in [2.45, 2.75) is 0 Å². The average Bonchev–Trinajstić information content (AvgIpc) is 2.89. The minimum absolute atomic E-state index is 0.0224. The molecule has 0 unspecified atom stereocenters. The van der Waals surface area contributed by atoms with Crippen molar-refractivity contribution in [1.82, 2.24) is 4.98 Å². The molecule has 35 heavy (non-hydrogen) atoms. The van der Waals surface area contributed by atoms with E-state index < -0.39 is 4.92 Å². The Labute approximate surface area is 206 Å². The summed E-state index contributed by atoms with van der Waals surface area (Å²) in [5.41, 5.74) is 5.20. The molecule has 1 amide bonds. The van der Waals surface area contributed by atoms with Gasteiger partial charge in [0.25, 0.3) is 11.6 Å². The number of fused-ring (bicyclic) bond motifs is 1. The molecule has 0 aliphatic carbocycles. The molecule has 170 valence electrons. The van der Waals surface area contributed by atoms with Crippen molar-refractivity contribution in [1.29, 1.82) is 0 Å². The fourth-order valence-corrected chi connectivity index (χ4v) is 3.99. The number of anilines is 1. The van der Waals surface area contributed by atoms with Crippen molar-refractivity contribution >= 4 is 39.8 Å². The monoisotopic (exact) mass is 479 g/mol. The van der Waals surface area contributed by atoms with E-state index in [0.29, 0.717) is 27.5 Å². The lowest BCUT2D eigenvalue weighted by Crippen LogP contribution is -2.11. The topological polar surface area (TPSA) is 85.1 Å². The number of benzene rings is 4. The van der Waals surface area contributed by atoms with Gasteiger partial charge in [0.2, 0.25) is 0 Å². The van der Waals surface area contributed by atoms with Crippen LogP contribution in [0.5, 0.6) is 0 Å². The standard InChI is InChI=1S/C28H18ClN3O3/c29-21-9-11-22(12-10-21)30-28(33)20-8-15-26-25(16-20)24(18-4-2-1-3-5-18)17-27(31-26)19-6-13-23(14-7-19)32(34)35/h1-17H,(H,30,33). The third kappa shape index (κ3) is 4.74. The van der Waals surface area contributed by atoms with E-state index >= 15 is 0 Å². The molecule has 5 rings (SSSR count). The molecule has 6 nitrogen and oxygen atoms in total. The Morgan fingerprint density at radius 3 is 2.23 bits per heavy atom. The maximum absolute atomic E-state index is 12.9. The van der Waals surface area contributed by atoms with E-state index in [4.69, 9.17) is 16.6 Å².